The molecule has 0 spiro atoms. The van der Waals surface area contributed by atoms with Crippen LogP contribution in [0.15, 0.2) is 24.3 Å². The molecule has 0 aliphatic carbocycles. The molecule has 1 atom stereocenters. The van der Waals surface area contributed by atoms with Gasteiger partial charge in [0.2, 0.25) is 0 Å². The van der Waals surface area contributed by atoms with Gasteiger partial charge in [-0.1, -0.05) is 11.6 Å². The molecule has 1 N–H and O–H groups in total. The van der Waals surface area contributed by atoms with Gasteiger partial charge in [0, 0.05) is 11.1 Å². The van der Waals surface area contributed by atoms with Crippen molar-refractivity contribution in [2.45, 2.75) is 32.9 Å². The van der Waals surface area contributed by atoms with E-state index in [1.165, 1.54) is 0 Å². The predicted octanol–water partition coefficient (Wildman–Crippen LogP) is 2.63. The van der Waals surface area contributed by atoms with Crippen molar-refractivity contribution in [2.24, 2.45) is 0 Å². The van der Waals surface area contributed by atoms with Gasteiger partial charge in [0.25, 0.3) is 5.91 Å². The Morgan fingerprint density at radius 1 is 1.25 bits per heavy atom. The Morgan fingerprint density at radius 3 is 2.31 bits per heavy atom. The lowest BCUT2D eigenvalue weighted by molar-refractivity contribution is -0.127. The van der Waals surface area contributed by atoms with Crippen molar-refractivity contribution in [3.05, 3.63) is 29.3 Å². The molecule has 0 aliphatic rings. The summed E-state index contributed by atoms with van der Waals surface area (Å²) in [6, 6.07) is 7.04. The molecule has 3 nitrogen and oxygen atoms in total. The summed E-state index contributed by atoms with van der Waals surface area (Å²) in [4.78, 5) is 11.6. The van der Waals surface area contributed by atoms with Gasteiger partial charge >= 0.3 is 0 Å². The first-order valence-corrected chi connectivity index (χ1v) is 5.59. The summed E-state index contributed by atoms with van der Waals surface area (Å²) in [5.74, 6) is 0.515. The highest BCUT2D eigenvalue weighted by Gasteiger charge is 2.14. The zero-order chi connectivity index (χ0) is 12.1. The summed E-state index contributed by atoms with van der Waals surface area (Å²) in [6.07, 6.45) is -0.511. The molecule has 1 amide bonds. The Balaban J connectivity index is 2.53. The van der Waals surface area contributed by atoms with Crippen molar-refractivity contribution < 1.29 is 9.53 Å². The molecule has 1 rings (SSSR count). The van der Waals surface area contributed by atoms with Crippen LogP contribution in [0, 0.1) is 0 Å². The van der Waals surface area contributed by atoms with Gasteiger partial charge in [-0.25, -0.2) is 0 Å². The molecule has 0 saturated carbocycles. The number of halogens is 1. The van der Waals surface area contributed by atoms with Crippen molar-refractivity contribution in [1.82, 2.24) is 5.32 Å². The lowest BCUT2D eigenvalue weighted by atomic mass is 10.3. The molecular weight excluding hydrogens is 226 g/mol. The molecule has 0 radical (unpaired) electrons. The molecular formula is C12H16ClNO2. The van der Waals surface area contributed by atoms with E-state index in [9.17, 15) is 4.79 Å². The summed E-state index contributed by atoms with van der Waals surface area (Å²) in [7, 11) is 0. The van der Waals surface area contributed by atoms with Crippen LogP contribution in [0.4, 0.5) is 0 Å². The van der Waals surface area contributed by atoms with Crippen LogP contribution in [-0.4, -0.2) is 18.1 Å². The smallest absolute Gasteiger partial charge is 0.260 e. The maximum Gasteiger partial charge on any atom is 0.260 e. The minimum absolute atomic E-state index is 0.115. The fraction of sp³-hybridized carbons (Fsp3) is 0.417. The van der Waals surface area contributed by atoms with Crippen molar-refractivity contribution in [3.8, 4) is 5.75 Å². The third-order valence-electron chi connectivity index (χ3n) is 1.93. The molecule has 0 heterocycles. The largest absolute Gasteiger partial charge is 0.481 e. The Labute approximate surface area is 101 Å². The third-order valence-corrected chi connectivity index (χ3v) is 2.18. The van der Waals surface area contributed by atoms with E-state index in [1.807, 2.05) is 13.8 Å². The lowest BCUT2D eigenvalue weighted by Gasteiger charge is -2.16. The van der Waals surface area contributed by atoms with Crippen molar-refractivity contribution in [1.29, 1.82) is 0 Å². The molecule has 1 aromatic carbocycles. The van der Waals surface area contributed by atoms with Crippen LogP contribution in [0.2, 0.25) is 5.02 Å². The second kappa shape index (κ2) is 5.75. The SMILES string of the molecule is CC(C)NC(=O)[C@@H](C)Oc1ccc(Cl)cc1. The Morgan fingerprint density at radius 2 is 1.81 bits per heavy atom. The number of hydrogen-bond donors (Lipinski definition) is 1. The van der Waals surface area contributed by atoms with E-state index in [2.05, 4.69) is 5.32 Å². The second-order valence-electron chi connectivity index (χ2n) is 3.88. The van der Waals surface area contributed by atoms with Crippen LogP contribution in [0.3, 0.4) is 0 Å². The summed E-state index contributed by atoms with van der Waals surface area (Å²) in [6.45, 7) is 5.53. The Hall–Kier alpha value is -1.22. The topological polar surface area (TPSA) is 38.3 Å². The fourth-order valence-corrected chi connectivity index (χ4v) is 1.30. The number of carbonyl (C=O) groups excluding carboxylic acids is 1. The van der Waals surface area contributed by atoms with Gasteiger partial charge < -0.3 is 10.1 Å². The minimum Gasteiger partial charge on any atom is -0.481 e. The van der Waals surface area contributed by atoms with Gasteiger partial charge in [-0.05, 0) is 45.0 Å². The average Bonchev–Trinajstić information content (AvgIpc) is 2.20. The van der Waals surface area contributed by atoms with E-state index in [-0.39, 0.29) is 11.9 Å². The average molecular weight is 242 g/mol. The molecule has 88 valence electrons. The molecule has 0 unspecified atom stereocenters. The van der Waals surface area contributed by atoms with Gasteiger partial charge in [0.1, 0.15) is 5.75 Å². The number of rotatable bonds is 4. The highest BCUT2D eigenvalue weighted by atomic mass is 35.5. The molecule has 4 heteroatoms. The zero-order valence-corrected chi connectivity index (χ0v) is 10.4. The molecule has 1 aromatic rings. The van der Waals surface area contributed by atoms with Crippen LogP contribution in [0.25, 0.3) is 0 Å². The molecule has 0 saturated heterocycles. The summed E-state index contributed by atoms with van der Waals surface area (Å²) < 4.78 is 5.46. The first kappa shape index (κ1) is 12.8. The molecule has 0 bridgehead atoms. The van der Waals surface area contributed by atoms with Crippen LogP contribution >= 0.6 is 11.6 Å². The number of nitrogens with one attached hydrogen (secondary N) is 1. The van der Waals surface area contributed by atoms with E-state index in [1.54, 1.807) is 31.2 Å². The first-order chi connectivity index (χ1) is 7.49. The van der Waals surface area contributed by atoms with Crippen molar-refractivity contribution >= 4 is 17.5 Å². The minimum atomic E-state index is -0.511. The zero-order valence-electron chi connectivity index (χ0n) is 9.66. The molecule has 16 heavy (non-hydrogen) atoms. The van der Waals surface area contributed by atoms with Gasteiger partial charge in [-0.3, -0.25) is 4.79 Å². The summed E-state index contributed by atoms with van der Waals surface area (Å²) >= 11 is 5.74. The summed E-state index contributed by atoms with van der Waals surface area (Å²) in [5, 5.41) is 3.43. The van der Waals surface area contributed by atoms with Crippen LogP contribution < -0.4 is 10.1 Å². The molecule has 0 aromatic heterocycles. The van der Waals surface area contributed by atoms with Crippen LogP contribution in [0.5, 0.6) is 5.75 Å². The maximum atomic E-state index is 11.6. The number of hydrogen-bond acceptors (Lipinski definition) is 2. The lowest BCUT2D eigenvalue weighted by Crippen LogP contribution is -2.39. The van der Waals surface area contributed by atoms with Crippen molar-refractivity contribution in [2.75, 3.05) is 0 Å². The normalized spacial score (nSPS) is 12.3. The van der Waals surface area contributed by atoms with E-state index >= 15 is 0 Å². The van der Waals surface area contributed by atoms with E-state index in [0.29, 0.717) is 10.8 Å². The molecule has 0 fully saturated rings. The summed E-state index contributed by atoms with van der Waals surface area (Å²) in [5.41, 5.74) is 0. The van der Waals surface area contributed by atoms with Gasteiger partial charge in [-0.2, -0.15) is 0 Å². The second-order valence-corrected chi connectivity index (χ2v) is 4.31. The van der Waals surface area contributed by atoms with Crippen molar-refractivity contribution in [3.63, 3.8) is 0 Å². The van der Waals surface area contributed by atoms with Crippen LogP contribution in [0.1, 0.15) is 20.8 Å². The number of carbonyl (C=O) groups is 1. The molecule has 0 aliphatic heterocycles. The first-order valence-electron chi connectivity index (χ1n) is 5.21. The van der Waals surface area contributed by atoms with Crippen LogP contribution in [-0.2, 0) is 4.79 Å². The maximum absolute atomic E-state index is 11.6. The number of amides is 1. The standard InChI is InChI=1S/C12H16ClNO2/c1-8(2)14-12(15)9(3)16-11-6-4-10(13)5-7-11/h4-9H,1-3H3,(H,14,15)/t9-/m1/s1. The predicted molar refractivity (Wildman–Crippen MR) is 64.8 cm³/mol. The fourth-order valence-electron chi connectivity index (χ4n) is 1.17. The van der Waals surface area contributed by atoms with E-state index < -0.39 is 6.10 Å². The number of benzene rings is 1. The third kappa shape index (κ3) is 4.11. The van der Waals surface area contributed by atoms with Gasteiger partial charge in [-0.15, -0.1) is 0 Å². The monoisotopic (exact) mass is 241 g/mol. The quantitative estimate of drug-likeness (QED) is 0.880. The van der Waals surface area contributed by atoms with E-state index in [0.717, 1.165) is 0 Å². The number of ether oxygens (including phenoxy) is 1. The Bertz CT molecular complexity index is 349. The highest BCUT2D eigenvalue weighted by molar-refractivity contribution is 6.30. The van der Waals surface area contributed by atoms with Gasteiger partial charge in [0.05, 0.1) is 0 Å². The van der Waals surface area contributed by atoms with E-state index in [4.69, 9.17) is 16.3 Å². The van der Waals surface area contributed by atoms with Gasteiger partial charge in [0.15, 0.2) is 6.10 Å². The highest BCUT2D eigenvalue weighted by Crippen LogP contribution is 2.16. The Kier molecular flexibility index (Phi) is 4.62.